The number of rotatable bonds is 5. The molecule has 2 amide bonds. The topological polar surface area (TPSA) is 79.9 Å². The van der Waals surface area contributed by atoms with E-state index in [1.54, 1.807) is 12.1 Å². The Labute approximate surface area is 165 Å². The monoisotopic (exact) mass is 387 g/mol. The highest BCUT2D eigenvalue weighted by Gasteiger charge is 2.39. The van der Waals surface area contributed by atoms with Crippen LogP contribution in [-0.2, 0) is 14.3 Å². The number of carbonyl (C=O) groups excluding carboxylic acids is 2. The van der Waals surface area contributed by atoms with Crippen LogP contribution in [0.3, 0.4) is 0 Å². The molecule has 1 aromatic carbocycles. The van der Waals surface area contributed by atoms with Gasteiger partial charge in [0.1, 0.15) is 5.75 Å². The highest BCUT2D eigenvalue weighted by atomic mass is 16.5. The lowest BCUT2D eigenvalue weighted by Gasteiger charge is -2.48. The fourth-order valence-corrected chi connectivity index (χ4v) is 4.58. The second-order valence-corrected chi connectivity index (χ2v) is 7.96. The van der Waals surface area contributed by atoms with Crippen LogP contribution in [0.4, 0.5) is 5.69 Å². The molecule has 7 nitrogen and oxygen atoms in total. The van der Waals surface area contributed by atoms with Crippen LogP contribution in [0.5, 0.6) is 5.75 Å². The largest absolute Gasteiger partial charge is 0.478 e. The minimum absolute atomic E-state index is 0.0139. The zero-order valence-electron chi connectivity index (χ0n) is 16.2. The van der Waals surface area contributed by atoms with Crippen LogP contribution in [0, 0.1) is 0 Å². The van der Waals surface area contributed by atoms with Crippen molar-refractivity contribution in [1.82, 2.24) is 10.2 Å². The van der Waals surface area contributed by atoms with Gasteiger partial charge in [-0.2, -0.15) is 0 Å². The van der Waals surface area contributed by atoms with E-state index in [-0.39, 0.29) is 23.8 Å². The van der Waals surface area contributed by atoms with Crippen molar-refractivity contribution in [2.45, 2.75) is 50.2 Å². The smallest absolute Gasteiger partial charge is 0.266 e. The summed E-state index contributed by atoms with van der Waals surface area (Å²) in [5.74, 6) is 0.198. The zero-order valence-corrected chi connectivity index (χ0v) is 16.2. The molecule has 2 aliphatic heterocycles. The predicted octanol–water partition coefficient (Wildman–Crippen LogP) is 1.93. The first-order chi connectivity index (χ1) is 13.7. The fourth-order valence-electron chi connectivity index (χ4n) is 4.58. The number of hydrogen-bond donors (Lipinski definition) is 2. The first-order valence-electron chi connectivity index (χ1n) is 10.3. The summed E-state index contributed by atoms with van der Waals surface area (Å²) in [6.07, 6.45) is 5.08. The molecule has 1 atom stereocenters. The Balaban J connectivity index is 1.35. The molecule has 2 N–H and O–H groups in total. The molecular weight excluding hydrogens is 358 g/mol. The van der Waals surface area contributed by atoms with Crippen LogP contribution in [0.1, 0.15) is 38.5 Å². The number of amides is 2. The third kappa shape index (κ3) is 4.15. The van der Waals surface area contributed by atoms with E-state index in [9.17, 15) is 9.59 Å². The summed E-state index contributed by atoms with van der Waals surface area (Å²) in [5, 5.41) is 5.91. The maximum atomic E-state index is 12.6. The van der Waals surface area contributed by atoms with Gasteiger partial charge in [-0.05, 0) is 25.0 Å². The number of nitrogens with zero attached hydrogens (tertiary/aromatic N) is 1. The minimum Gasteiger partial charge on any atom is -0.478 e. The van der Waals surface area contributed by atoms with Gasteiger partial charge in [0.15, 0.2) is 6.10 Å². The van der Waals surface area contributed by atoms with Crippen molar-refractivity contribution in [3.63, 3.8) is 0 Å². The van der Waals surface area contributed by atoms with E-state index in [1.807, 2.05) is 12.1 Å². The molecule has 7 heteroatoms. The number of anilines is 1. The van der Waals surface area contributed by atoms with Crippen LogP contribution in [0.15, 0.2) is 24.3 Å². The standard InChI is InChI=1S/C21H29N3O4/c25-19(14-18-20(26)23-16-6-2-3-7-17(16)28-18)22-15-21(8-4-1-5-9-21)24-10-12-27-13-11-24/h2-3,6-7,18H,1,4-5,8-15H2,(H,22,25)(H,23,26). The average molecular weight is 387 g/mol. The summed E-state index contributed by atoms with van der Waals surface area (Å²) >= 11 is 0. The van der Waals surface area contributed by atoms with E-state index in [2.05, 4.69) is 15.5 Å². The highest BCUT2D eigenvalue weighted by molar-refractivity contribution is 5.99. The van der Waals surface area contributed by atoms with Gasteiger partial charge >= 0.3 is 0 Å². The minimum atomic E-state index is -0.791. The maximum Gasteiger partial charge on any atom is 0.266 e. The summed E-state index contributed by atoms with van der Waals surface area (Å²) in [5.41, 5.74) is 0.664. The summed E-state index contributed by atoms with van der Waals surface area (Å²) in [6.45, 7) is 3.97. The van der Waals surface area contributed by atoms with Crippen molar-refractivity contribution < 1.29 is 19.1 Å². The van der Waals surface area contributed by atoms with Crippen molar-refractivity contribution in [3.05, 3.63) is 24.3 Å². The van der Waals surface area contributed by atoms with Crippen molar-refractivity contribution in [2.24, 2.45) is 0 Å². The molecule has 4 rings (SSSR count). The molecule has 0 spiro atoms. The van der Waals surface area contributed by atoms with Gasteiger partial charge in [-0.25, -0.2) is 0 Å². The summed E-state index contributed by atoms with van der Waals surface area (Å²) in [6, 6.07) is 7.28. The molecule has 1 saturated carbocycles. The van der Waals surface area contributed by atoms with Gasteiger partial charge in [0.25, 0.3) is 5.91 Å². The lowest BCUT2D eigenvalue weighted by molar-refractivity contribution is -0.131. The molecule has 1 saturated heterocycles. The Bertz CT molecular complexity index is 711. The number of carbonyl (C=O) groups is 2. The summed E-state index contributed by atoms with van der Waals surface area (Å²) < 4.78 is 11.3. The number of fused-ring (bicyclic) bond motifs is 1. The second kappa shape index (κ2) is 8.49. The quantitative estimate of drug-likeness (QED) is 0.807. The number of nitrogens with one attached hydrogen (secondary N) is 2. The van der Waals surface area contributed by atoms with E-state index >= 15 is 0 Å². The van der Waals surface area contributed by atoms with Crippen LogP contribution in [0.25, 0.3) is 0 Å². The number of ether oxygens (including phenoxy) is 2. The summed E-state index contributed by atoms with van der Waals surface area (Å²) in [4.78, 5) is 27.4. The zero-order chi connectivity index (χ0) is 19.4. The molecule has 28 heavy (non-hydrogen) atoms. The molecule has 1 aliphatic carbocycles. The van der Waals surface area contributed by atoms with Crippen molar-refractivity contribution in [3.8, 4) is 5.75 Å². The number of para-hydroxylation sites is 2. The Hall–Kier alpha value is -2.12. The van der Waals surface area contributed by atoms with Crippen LogP contribution in [-0.4, -0.2) is 61.2 Å². The van der Waals surface area contributed by atoms with Gasteiger partial charge < -0.3 is 20.1 Å². The molecule has 1 unspecified atom stereocenters. The number of hydrogen-bond acceptors (Lipinski definition) is 5. The third-order valence-corrected chi connectivity index (χ3v) is 6.16. The van der Waals surface area contributed by atoms with Crippen molar-refractivity contribution >= 4 is 17.5 Å². The molecule has 2 heterocycles. The van der Waals surface area contributed by atoms with Crippen molar-refractivity contribution in [1.29, 1.82) is 0 Å². The van der Waals surface area contributed by atoms with Gasteiger partial charge in [-0.15, -0.1) is 0 Å². The molecule has 0 aromatic heterocycles. The Morgan fingerprint density at radius 3 is 2.71 bits per heavy atom. The Morgan fingerprint density at radius 2 is 1.93 bits per heavy atom. The van der Waals surface area contributed by atoms with Crippen LogP contribution < -0.4 is 15.4 Å². The average Bonchev–Trinajstić information content (AvgIpc) is 2.74. The normalized spacial score (nSPS) is 24.6. The summed E-state index contributed by atoms with van der Waals surface area (Å²) in [7, 11) is 0. The Kier molecular flexibility index (Phi) is 5.82. The molecule has 0 radical (unpaired) electrons. The van der Waals surface area contributed by atoms with E-state index < -0.39 is 6.10 Å². The molecule has 0 bridgehead atoms. The lowest BCUT2D eigenvalue weighted by Crippen LogP contribution is -2.59. The lowest BCUT2D eigenvalue weighted by atomic mass is 9.79. The van der Waals surface area contributed by atoms with Crippen molar-refractivity contribution in [2.75, 3.05) is 38.2 Å². The van der Waals surface area contributed by atoms with Gasteiger partial charge in [-0.1, -0.05) is 31.4 Å². The van der Waals surface area contributed by atoms with Crippen LogP contribution in [0.2, 0.25) is 0 Å². The third-order valence-electron chi connectivity index (χ3n) is 6.16. The fraction of sp³-hybridized carbons (Fsp3) is 0.619. The second-order valence-electron chi connectivity index (χ2n) is 7.96. The number of benzene rings is 1. The molecule has 2 fully saturated rings. The van der Waals surface area contributed by atoms with E-state index in [0.717, 1.165) is 39.1 Å². The first-order valence-corrected chi connectivity index (χ1v) is 10.3. The van der Waals surface area contributed by atoms with E-state index in [4.69, 9.17) is 9.47 Å². The van der Waals surface area contributed by atoms with Gasteiger partial charge in [-0.3, -0.25) is 14.5 Å². The SMILES string of the molecule is O=C(CC1Oc2ccccc2NC1=O)NCC1(N2CCOCC2)CCCCC1. The highest BCUT2D eigenvalue weighted by Crippen LogP contribution is 2.34. The van der Waals surface area contributed by atoms with Gasteiger partial charge in [0, 0.05) is 25.2 Å². The predicted molar refractivity (Wildman–Crippen MR) is 105 cm³/mol. The molecule has 3 aliphatic rings. The number of morpholine rings is 1. The van der Waals surface area contributed by atoms with E-state index in [0.29, 0.717) is 18.0 Å². The van der Waals surface area contributed by atoms with E-state index in [1.165, 1.54) is 19.3 Å². The molecule has 152 valence electrons. The Morgan fingerprint density at radius 1 is 1.18 bits per heavy atom. The van der Waals surface area contributed by atoms with Gasteiger partial charge in [0.2, 0.25) is 5.91 Å². The van der Waals surface area contributed by atoms with Gasteiger partial charge in [0.05, 0.1) is 25.3 Å². The molecule has 1 aromatic rings. The molecular formula is C21H29N3O4. The van der Waals surface area contributed by atoms with Crippen LogP contribution >= 0.6 is 0 Å². The maximum absolute atomic E-state index is 12.6. The first kappa shape index (κ1) is 19.2.